The molecule has 0 aromatic carbocycles. The monoisotopic (exact) mass is 363 g/mol. The van der Waals surface area contributed by atoms with Crippen LogP contribution in [0.5, 0.6) is 0 Å². The minimum Gasteiger partial charge on any atom is -0.465 e. The predicted molar refractivity (Wildman–Crippen MR) is 79.6 cm³/mol. The van der Waals surface area contributed by atoms with Gasteiger partial charge < -0.3 is 10.0 Å². The fourth-order valence-electron chi connectivity index (χ4n) is 3.07. The van der Waals surface area contributed by atoms with Gasteiger partial charge >= 0.3 is 11.3 Å². The summed E-state index contributed by atoms with van der Waals surface area (Å²) in [6.45, 7) is -0.187. The van der Waals surface area contributed by atoms with Crippen molar-refractivity contribution < 1.29 is 27.1 Å². The second-order valence-electron chi connectivity index (χ2n) is 6.41. The molecule has 1 aliphatic carbocycles. The molecule has 0 bridgehead atoms. The third-order valence-electron chi connectivity index (χ3n) is 4.73. The van der Waals surface area contributed by atoms with Crippen molar-refractivity contribution in [1.29, 1.82) is 0 Å². The van der Waals surface area contributed by atoms with Crippen molar-refractivity contribution in [1.82, 2.24) is 14.7 Å². The average molecular weight is 363 g/mol. The van der Waals surface area contributed by atoms with Crippen LogP contribution in [0.2, 0.25) is 0 Å². The van der Waals surface area contributed by atoms with Crippen molar-refractivity contribution in [2.24, 2.45) is 13.0 Å². The number of aryl methyl sites for hydroxylation is 1. The van der Waals surface area contributed by atoms with Crippen LogP contribution in [0.3, 0.4) is 0 Å². The Morgan fingerprint density at radius 1 is 1.29 bits per heavy atom. The van der Waals surface area contributed by atoms with Gasteiger partial charge in [-0.15, -0.1) is 0 Å². The smallest absolute Gasteiger partial charge is 0.407 e. The molecule has 24 heavy (non-hydrogen) atoms. The standard InChI is InChI=1S/C14H19F2N3O4S/c1-18-12(8-11(17-18)9-2-3-9)24(22,23)14(15,16)10-4-6-19(7-5-10)13(20)21/h8-10H,2-7H2,1H3,(H,20,21). The highest BCUT2D eigenvalue weighted by Gasteiger charge is 2.54. The van der Waals surface area contributed by atoms with Crippen molar-refractivity contribution in [3.05, 3.63) is 11.8 Å². The fourth-order valence-corrected chi connectivity index (χ4v) is 4.69. The maximum atomic E-state index is 14.7. The van der Waals surface area contributed by atoms with Crippen LogP contribution in [0.4, 0.5) is 13.6 Å². The largest absolute Gasteiger partial charge is 0.465 e. The second kappa shape index (κ2) is 5.68. The summed E-state index contributed by atoms with van der Waals surface area (Å²) in [6.07, 6.45) is 0.221. The third-order valence-corrected chi connectivity index (χ3v) is 6.71. The number of aromatic nitrogens is 2. The number of piperidine rings is 1. The van der Waals surface area contributed by atoms with E-state index < -0.39 is 32.1 Å². The molecule has 0 spiro atoms. The molecule has 1 amide bonds. The summed E-state index contributed by atoms with van der Waals surface area (Å²) in [5, 5.41) is 8.49. The van der Waals surface area contributed by atoms with Crippen LogP contribution in [0.15, 0.2) is 11.1 Å². The molecule has 1 aliphatic heterocycles. The Morgan fingerprint density at radius 3 is 2.38 bits per heavy atom. The molecule has 0 radical (unpaired) electrons. The highest BCUT2D eigenvalue weighted by Crippen LogP contribution is 2.43. The number of nitrogens with zero attached hydrogens (tertiary/aromatic N) is 3. The highest BCUT2D eigenvalue weighted by atomic mass is 32.2. The van der Waals surface area contributed by atoms with Gasteiger partial charge in [-0.2, -0.15) is 13.9 Å². The van der Waals surface area contributed by atoms with E-state index >= 15 is 0 Å². The van der Waals surface area contributed by atoms with E-state index in [-0.39, 0.29) is 31.8 Å². The van der Waals surface area contributed by atoms with E-state index in [2.05, 4.69) is 5.10 Å². The molecular formula is C14H19F2N3O4S. The normalized spacial score (nSPS) is 20.4. The van der Waals surface area contributed by atoms with Crippen molar-refractivity contribution in [2.75, 3.05) is 13.1 Å². The van der Waals surface area contributed by atoms with Crippen LogP contribution in [0.25, 0.3) is 0 Å². The van der Waals surface area contributed by atoms with Crippen LogP contribution >= 0.6 is 0 Å². The number of rotatable bonds is 4. The zero-order valence-corrected chi connectivity index (χ0v) is 14.0. The summed E-state index contributed by atoms with van der Waals surface area (Å²) in [5.74, 6) is -1.25. The molecule has 7 nitrogen and oxygen atoms in total. The first-order valence-corrected chi connectivity index (χ1v) is 9.27. The Labute approximate surface area is 138 Å². The Hall–Kier alpha value is -1.71. The van der Waals surface area contributed by atoms with E-state index in [1.807, 2.05) is 0 Å². The third kappa shape index (κ3) is 2.76. The summed E-state index contributed by atoms with van der Waals surface area (Å²) >= 11 is 0. The number of sulfone groups is 1. The van der Waals surface area contributed by atoms with E-state index in [0.29, 0.717) is 5.69 Å². The Bertz CT molecular complexity index is 750. The number of carboxylic acid groups (broad SMARTS) is 1. The number of amides is 1. The van der Waals surface area contributed by atoms with Gasteiger partial charge in [0.1, 0.15) is 0 Å². The first-order valence-electron chi connectivity index (χ1n) is 7.79. The molecular weight excluding hydrogens is 344 g/mol. The zero-order valence-electron chi connectivity index (χ0n) is 13.2. The van der Waals surface area contributed by atoms with Gasteiger partial charge in [-0.3, -0.25) is 4.68 Å². The molecule has 0 atom stereocenters. The van der Waals surface area contributed by atoms with E-state index in [0.717, 1.165) is 22.4 Å². The SMILES string of the molecule is Cn1nc(C2CC2)cc1S(=O)(=O)C(F)(F)C1CCN(C(=O)O)CC1. The van der Waals surface area contributed by atoms with Crippen LogP contribution in [-0.2, 0) is 16.9 Å². The highest BCUT2D eigenvalue weighted by molar-refractivity contribution is 7.92. The Kier molecular flexibility index (Phi) is 4.05. The minimum absolute atomic E-state index is 0.0934. The first kappa shape index (κ1) is 17.1. The van der Waals surface area contributed by atoms with Gasteiger partial charge in [0, 0.05) is 32.0 Å². The quantitative estimate of drug-likeness (QED) is 0.884. The lowest BCUT2D eigenvalue weighted by Gasteiger charge is -2.33. The first-order chi connectivity index (χ1) is 11.1. The summed E-state index contributed by atoms with van der Waals surface area (Å²) in [7, 11) is -3.54. The van der Waals surface area contributed by atoms with Crippen LogP contribution in [0, 0.1) is 5.92 Å². The van der Waals surface area contributed by atoms with Gasteiger partial charge in [-0.1, -0.05) is 0 Å². The van der Waals surface area contributed by atoms with Crippen molar-refractivity contribution in [2.45, 2.75) is 41.9 Å². The zero-order chi connectivity index (χ0) is 17.7. The molecule has 2 fully saturated rings. The summed E-state index contributed by atoms with van der Waals surface area (Å²) in [4.78, 5) is 11.9. The number of hydrogen-bond donors (Lipinski definition) is 1. The minimum atomic E-state index is -4.89. The van der Waals surface area contributed by atoms with Crippen molar-refractivity contribution in [3.63, 3.8) is 0 Å². The summed E-state index contributed by atoms with van der Waals surface area (Å²) in [6, 6.07) is 1.24. The van der Waals surface area contributed by atoms with Crippen molar-refractivity contribution >= 4 is 15.9 Å². The molecule has 1 saturated carbocycles. The topological polar surface area (TPSA) is 92.5 Å². The average Bonchev–Trinajstić information content (AvgIpc) is 3.29. The number of halogens is 2. The summed E-state index contributed by atoms with van der Waals surface area (Å²) < 4.78 is 55.4. The molecule has 2 heterocycles. The lowest BCUT2D eigenvalue weighted by molar-refractivity contribution is -0.00384. The molecule has 1 saturated heterocycles. The van der Waals surface area contributed by atoms with E-state index in [1.54, 1.807) is 0 Å². The van der Waals surface area contributed by atoms with Gasteiger partial charge in [0.15, 0.2) is 5.03 Å². The maximum absolute atomic E-state index is 14.7. The molecule has 1 N–H and O–H groups in total. The lowest BCUT2D eigenvalue weighted by atomic mass is 9.97. The van der Waals surface area contributed by atoms with Crippen LogP contribution in [0.1, 0.15) is 37.3 Å². The molecule has 134 valence electrons. The summed E-state index contributed by atoms with van der Waals surface area (Å²) in [5.41, 5.74) is 0.535. The van der Waals surface area contributed by atoms with Gasteiger partial charge in [0.25, 0.3) is 9.84 Å². The number of carbonyl (C=O) groups is 1. The number of likely N-dealkylation sites (tertiary alicyclic amines) is 1. The Morgan fingerprint density at radius 2 is 1.88 bits per heavy atom. The molecule has 1 aromatic rings. The van der Waals surface area contributed by atoms with Gasteiger partial charge in [0.2, 0.25) is 0 Å². The fraction of sp³-hybridized carbons (Fsp3) is 0.714. The molecule has 2 aliphatic rings. The van der Waals surface area contributed by atoms with Gasteiger partial charge in [-0.05, 0) is 31.7 Å². The van der Waals surface area contributed by atoms with Gasteiger partial charge in [-0.25, -0.2) is 13.2 Å². The van der Waals surface area contributed by atoms with Crippen LogP contribution in [-0.4, -0.2) is 52.6 Å². The van der Waals surface area contributed by atoms with Crippen LogP contribution < -0.4 is 0 Å². The second-order valence-corrected chi connectivity index (χ2v) is 8.38. The van der Waals surface area contributed by atoms with E-state index in [9.17, 15) is 22.0 Å². The molecule has 1 aromatic heterocycles. The molecule has 3 rings (SSSR count). The number of hydrogen-bond acceptors (Lipinski definition) is 4. The Balaban J connectivity index is 1.84. The lowest BCUT2D eigenvalue weighted by Crippen LogP contribution is -2.46. The van der Waals surface area contributed by atoms with E-state index in [1.165, 1.54) is 13.1 Å². The predicted octanol–water partition coefficient (Wildman–Crippen LogP) is 2.05. The molecule has 0 unspecified atom stereocenters. The van der Waals surface area contributed by atoms with Crippen molar-refractivity contribution in [3.8, 4) is 0 Å². The molecule has 10 heteroatoms. The number of alkyl halides is 2. The van der Waals surface area contributed by atoms with E-state index in [4.69, 9.17) is 5.11 Å². The van der Waals surface area contributed by atoms with Gasteiger partial charge in [0.05, 0.1) is 5.69 Å². The maximum Gasteiger partial charge on any atom is 0.407 e.